The molecule has 0 fully saturated rings. The molecule has 72 valence electrons. The van der Waals surface area contributed by atoms with Gasteiger partial charge < -0.3 is 5.32 Å². The van der Waals surface area contributed by atoms with Crippen LogP contribution in [0.25, 0.3) is 0 Å². The second-order valence-electron chi connectivity index (χ2n) is 2.23. The molecule has 1 rings (SSSR count). The first-order chi connectivity index (χ1) is 6.08. The van der Waals surface area contributed by atoms with E-state index < -0.39 is 10.4 Å². The molecular weight excluding hydrogens is 194 g/mol. The average molecular weight is 203 g/mol. The third kappa shape index (κ3) is 4.46. The van der Waals surface area contributed by atoms with Crippen LogP contribution in [0.3, 0.4) is 0 Å². The van der Waals surface area contributed by atoms with Crippen LogP contribution in [0.4, 0.5) is 5.69 Å². The summed E-state index contributed by atoms with van der Waals surface area (Å²) in [6.07, 6.45) is 0. The fraction of sp³-hybridized carbons (Fsp3) is 0.143. The van der Waals surface area contributed by atoms with Gasteiger partial charge in [0.2, 0.25) is 0 Å². The van der Waals surface area contributed by atoms with Crippen LogP contribution in [0, 0.1) is 0 Å². The van der Waals surface area contributed by atoms with Crippen molar-refractivity contribution in [1.29, 1.82) is 0 Å². The molecule has 0 radical (unpaired) electrons. The maximum Gasteiger partial charge on any atom is 0.399 e. The molecule has 2 N–H and O–H groups in total. The highest BCUT2D eigenvalue weighted by Crippen LogP contribution is 2.04. The summed E-state index contributed by atoms with van der Waals surface area (Å²) in [6, 6.07) is 8.89. The Hall–Kier alpha value is -1.11. The highest BCUT2D eigenvalue weighted by Gasteiger charge is 2.02. The molecule has 0 bridgehead atoms. The average Bonchev–Trinajstić information content (AvgIpc) is 2.04. The van der Waals surface area contributed by atoms with E-state index in [1.165, 1.54) is 0 Å². The zero-order valence-electron chi connectivity index (χ0n) is 6.67. The van der Waals surface area contributed by atoms with Crippen molar-refractivity contribution in [1.82, 2.24) is 0 Å². The molecule has 0 aromatic heterocycles. The predicted octanol–water partition coefficient (Wildman–Crippen LogP) is 0.875. The Bertz CT molecular complexity index is 348. The van der Waals surface area contributed by atoms with Crippen molar-refractivity contribution in [3.8, 4) is 0 Å². The largest absolute Gasteiger partial charge is 0.399 e. The van der Waals surface area contributed by atoms with E-state index >= 15 is 0 Å². The van der Waals surface area contributed by atoms with Gasteiger partial charge in [-0.3, -0.25) is 4.55 Å². The van der Waals surface area contributed by atoms with Crippen LogP contribution < -0.4 is 5.32 Å². The normalized spacial score (nSPS) is 11.2. The van der Waals surface area contributed by atoms with Gasteiger partial charge in [-0.25, -0.2) is 4.18 Å². The minimum atomic E-state index is -4.36. The number of para-hydroxylation sites is 1. The van der Waals surface area contributed by atoms with E-state index in [0.29, 0.717) is 5.69 Å². The first-order valence-electron chi connectivity index (χ1n) is 3.49. The Labute approximate surface area is 76.3 Å². The van der Waals surface area contributed by atoms with Crippen molar-refractivity contribution in [3.05, 3.63) is 30.3 Å². The molecule has 1 aromatic carbocycles. The van der Waals surface area contributed by atoms with E-state index in [1.54, 1.807) is 24.3 Å². The summed E-state index contributed by atoms with van der Waals surface area (Å²) in [7, 11) is -4.36. The minimum absolute atomic E-state index is 0.289. The quantitative estimate of drug-likeness (QED) is 0.561. The van der Waals surface area contributed by atoms with Crippen LogP contribution >= 0.6 is 0 Å². The van der Waals surface area contributed by atoms with Gasteiger partial charge in [0.05, 0.1) is 0 Å². The second kappa shape index (κ2) is 4.22. The SMILES string of the molecule is O=S(=O)(O)OCNc1ccccc1. The van der Waals surface area contributed by atoms with Crippen molar-refractivity contribution in [2.45, 2.75) is 0 Å². The molecule has 6 heteroatoms. The summed E-state index contributed by atoms with van der Waals surface area (Å²) >= 11 is 0. The van der Waals surface area contributed by atoms with E-state index in [4.69, 9.17) is 4.55 Å². The lowest BCUT2D eigenvalue weighted by Gasteiger charge is -2.03. The van der Waals surface area contributed by atoms with Gasteiger partial charge in [0.15, 0.2) is 0 Å². The van der Waals surface area contributed by atoms with Crippen LogP contribution in [0.2, 0.25) is 0 Å². The van der Waals surface area contributed by atoms with Gasteiger partial charge in [-0.1, -0.05) is 18.2 Å². The van der Waals surface area contributed by atoms with Crippen molar-refractivity contribution in [2.75, 3.05) is 12.0 Å². The minimum Gasteiger partial charge on any atom is -0.361 e. The summed E-state index contributed by atoms with van der Waals surface area (Å²) in [6.45, 7) is -0.289. The molecule has 0 aliphatic heterocycles. The monoisotopic (exact) mass is 203 g/mol. The Balaban J connectivity index is 2.37. The van der Waals surface area contributed by atoms with E-state index in [2.05, 4.69) is 9.50 Å². The molecule has 1 aromatic rings. The predicted molar refractivity (Wildman–Crippen MR) is 47.6 cm³/mol. The van der Waals surface area contributed by atoms with Crippen LogP contribution in [0.5, 0.6) is 0 Å². The lowest BCUT2D eigenvalue weighted by molar-refractivity contribution is 0.287. The molecule has 0 saturated carbocycles. The van der Waals surface area contributed by atoms with E-state index in [1.807, 2.05) is 6.07 Å². The lowest BCUT2D eigenvalue weighted by Crippen LogP contribution is -2.11. The van der Waals surface area contributed by atoms with Gasteiger partial charge in [-0.2, -0.15) is 8.42 Å². The first-order valence-corrected chi connectivity index (χ1v) is 4.85. The van der Waals surface area contributed by atoms with Gasteiger partial charge in [-0.15, -0.1) is 0 Å². The molecule has 0 amide bonds. The Morgan fingerprint density at radius 1 is 1.31 bits per heavy atom. The molecule has 0 saturated heterocycles. The van der Waals surface area contributed by atoms with Crippen molar-refractivity contribution in [3.63, 3.8) is 0 Å². The Morgan fingerprint density at radius 3 is 2.46 bits per heavy atom. The zero-order valence-corrected chi connectivity index (χ0v) is 7.49. The van der Waals surface area contributed by atoms with Gasteiger partial charge >= 0.3 is 10.4 Å². The lowest BCUT2D eigenvalue weighted by atomic mass is 10.3. The summed E-state index contributed by atoms with van der Waals surface area (Å²) in [5.74, 6) is 0. The highest BCUT2D eigenvalue weighted by molar-refractivity contribution is 7.80. The highest BCUT2D eigenvalue weighted by atomic mass is 32.3. The van der Waals surface area contributed by atoms with E-state index in [0.717, 1.165) is 0 Å². The van der Waals surface area contributed by atoms with Crippen LogP contribution in [-0.2, 0) is 14.6 Å². The van der Waals surface area contributed by atoms with Crippen molar-refractivity contribution >= 4 is 16.1 Å². The summed E-state index contributed by atoms with van der Waals surface area (Å²) in [5.41, 5.74) is 0.714. The molecule has 0 heterocycles. The number of benzene rings is 1. The number of nitrogens with one attached hydrogen (secondary N) is 1. The standard InChI is InChI=1S/C7H9NO4S/c9-13(10,11)12-6-8-7-4-2-1-3-5-7/h1-5,8H,6H2,(H,9,10,11). The fourth-order valence-corrected chi connectivity index (χ4v) is 0.951. The first kappa shape index (κ1) is 9.97. The third-order valence-electron chi connectivity index (χ3n) is 1.26. The zero-order chi connectivity index (χ0) is 9.73. The maximum absolute atomic E-state index is 10.1. The van der Waals surface area contributed by atoms with Gasteiger partial charge in [-0.05, 0) is 12.1 Å². The molecule has 0 spiro atoms. The molecule has 0 aliphatic rings. The molecule has 5 nitrogen and oxygen atoms in total. The second-order valence-corrected chi connectivity index (χ2v) is 3.32. The summed E-state index contributed by atoms with van der Waals surface area (Å²) < 4.78 is 32.5. The van der Waals surface area contributed by atoms with Gasteiger partial charge in [0, 0.05) is 5.69 Å². The number of rotatable bonds is 4. The van der Waals surface area contributed by atoms with Gasteiger partial charge in [0.1, 0.15) is 6.73 Å². The number of anilines is 1. The number of hydrogen-bond acceptors (Lipinski definition) is 4. The Morgan fingerprint density at radius 2 is 1.92 bits per heavy atom. The number of hydrogen-bond donors (Lipinski definition) is 2. The molecule has 0 unspecified atom stereocenters. The van der Waals surface area contributed by atoms with Crippen LogP contribution in [0.1, 0.15) is 0 Å². The van der Waals surface area contributed by atoms with Crippen LogP contribution in [-0.4, -0.2) is 19.7 Å². The van der Waals surface area contributed by atoms with Crippen molar-refractivity contribution in [2.24, 2.45) is 0 Å². The van der Waals surface area contributed by atoms with Gasteiger partial charge in [0.25, 0.3) is 0 Å². The molecular formula is C7H9NO4S. The van der Waals surface area contributed by atoms with E-state index in [9.17, 15) is 8.42 Å². The third-order valence-corrected chi connectivity index (χ3v) is 1.67. The summed E-state index contributed by atoms with van der Waals surface area (Å²) in [4.78, 5) is 0. The Kier molecular flexibility index (Phi) is 3.24. The fourth-order valence-electron chi connectivity index (χ4n) is 0.743. The van der Waals surface area contributed by atoms with Crippen LogP contribution in [0.15, 0.2) is 30.3 Å². The summed E-state index contributed by atoms with van der Waals surface area (Å²) in [5, 5.41) is 2.64. The van der Waals surface area contributed by atoms with E-state index in [-0.39, 0.29) is 6.73 Å². The molecule has 0 aliphatic carbocycles. The molecule has 13 heavy (non-hydrogen) atoms. The molecule has 0 atom stereocenters. The maximum atomic E-state index is 10.1. The topological polar surface area (TPSA) is 75.6 Å². The van der Waals surface area contributed by atoms with Crippen molar-refractivity contribution < 1.29 is 17.2 Å². The smallest absolute Gasteiger partial charge is 0.361 e.